The summed E-state index contributed by atoms with van der Waals surface area (Å²) in [4.78, 5) is 11.7. The van der Waals surface area contributed by atoms with E-state index in [-0.39, 0.29) is 30.9 Å². The summed E-state index contributed by atoms with van der Waals surface area (Å²) in [5, 5.41) is 12.5. The fourth-order valence-electron chi connectivity index (χ4n) is 2.28. The number of benzene rings is 2. The van der Waals surface area contributed by atoms with Crippen LogP contribution in [0.5, 0.6) is 0 Å². The molecule has 0 heterocycles. The summed E-state index contributed by atoms with van der Waals surface area (Å²) < 4.78 is 39.3. The highest BCUT2D eigenvalue weighted by atomic mass is 19.1. The van der Waals surface area contributed by atoms with Crippen LogP contribution >= 0.6 is 0 Å². The molecule has 2 N–H and O–H groups in total. The summed E-state index contributed by atoms with van der Waals surface area (Å²) in [7, 11) is 0. The van der Waals surface area contributed by atoms with Crippen molar-refractivity contribution < 1.29 is 23.1 Å². The van der Waals surface area contributed by atoms with E-state index >= 15 is 0 Å². The minimum absolute atomic E-state index is 0.00120. The highest BCUT2D eigenvalue weighted by Gasteiger charge is 2.10. The number of nitrogens with one attached hydrogen (secondary N) is 1. The Morgan fingerprint density at radius 2 is 1.71 bits per heavy atom. The van der Waals surface area contributed by atoms with Crippen LogP contribution in [0.25, 0.3) is 0 Å². The van der Waals surface area contributed by atoms with Crippen molar-refractivity contribution >= 4 is 5.91 Å². The van der Waals surface area contributed by atoms with Gasteiger partial charge in [-0.2, -0.15) is 0 Å². The van der Waals surface area contributed by atoms with Gasteiger partial charge in [0.1, 0.15) is 17.5 Å². The third-order valence-electron chi connectivity index (χ3n) is 3.61. The van der Waals surface area contributed by atoms with Gasteiger partial charge in [0, 0.05) is 13.0 Å². The van der Waals surface area contributed by atoms with Crippen molar-refractivity contribution in [3.63, 3.8) is 0 Å². The Labute approximate surface area is 138 Å². The molecule has 0 aromatic heterocycles. The molecule has 6 heteroatoms. The lowest BCUT2D eigenvalue weighted by Gasteiger charge is -2.12. The Kier molecular flexibility index (Phi) is 6.37. The molecule has 2 rings (SSSR count). The number of aliphatic hydroxyl groups is 1. The van der Waals surface area contributed by atoms with E-state index in [1.165, 1.54) is 24.3 Å². The molecule has 0 radical (unpaired) electrons. The van der Waals surface area contributed by atoms with Crippen LogP contribution < -0.4 is 5.32 Å². The largest absolute Gasteiger partial charge is 0.387 e. The van der Waals surface area contributed by atoms with Crippen LogP contribution in [-0.4, -0.2) is 17.6 Å². The number of amides is 1. The lowest BCUT2D eigenvalue weighted by Crippen LogP contribution is -2.28. The van der Waals surface area contributed by atoms with Gasteiger partial charge in [-0.15, -0.1) is 0 Å². The Bertz CT molecular complexity index is 689. The number of hydrogen-bond donors (Lipinski definition) is 2. The molecule has 1 unspecified atom stereocenters. The molecule has 0 aliphatic carbocycles. The number of carbonyl (C=O) groups excluding carboxylic acids is 1. The van der Waals surface area contributed by atoms with E-state index in [1.807, 2.05) is 0 Å². The molecule has 3 nitrogen and oxygen atoms in total. The highest BCUT2D eigenvalue weighted by molar-refractivity contribution is 5.75. The quantitative estimate of drug-likeness (QED) is 0.815. The fraction of sp³-hybridized carbons (Fsp3) is 0.278. The number of hydrogen-bond acceptors (Lipinski definition) is 2. The molecule has 24 heavy (non-hydrogen) atoms. The van der Waals surface area contributed by atoms with E-state index in [2.05, 4.69) is 5.32 Å². The van der Waals surface area contributed by atoms with Crippen LogP contribution in [0, 0.1) is 17.5 Å². The molecule has 0 aliphatic rings. The first-order chi connectivity index (χ1) is 11.5. The highest BCUT2D eigenvalue weighted by Crippen LogP contribution is 2.14. The first-order valence-corrected chi connectivity index (χ1v) is 7.60. The lowest BCUT2D eigenvalue weighted by molar-refractivity contribution is -0.121. The topological polar surface area (TPSA) is 49.3 Å². The first-order valence-electron chi connectivity index (χ1n) is 7.60. The van der Waals surface area contributed by atoms with Crippen molar-refractivity contribution in [3.8, 4) is 0 Å². The number of halogens is 3. The Hall–Kier alpha value is -2.34. The average molecular weight is 337 g/mol. The smallest absolute Gasteiger partial charge is 0.220 e. The predicted molar refractivity (Wildman–Crippen MR) is 83.7 cm³/mol. The van der Waals surface area contributed by atoms with Crippen LogP contribution in [0.3, 0.4) is 0 Å². The number of aryl methyl sites for hydroxylation is 1. The summed E-state index contributed by atoms with van der Waals surface area (Å²) in [6, 6.07) is 8.57. The molecular weight excluding hydrogens is 319 g/mol. The molecule has 128 valence electrons. The molecule has 0 saturated heterocycles. The lowest BCUT2D eigenvalue weighted by atomic mass is 10.1. The third-order valence-corrected chi connectivity index (χ3v) is 3.61. The van der Waals surface area contributed by atoms with Gasteiger partial charge in [0.25, 0.3) is 0 Å². The van der Waals surface area contributed by atoms with Gasteiger partial charge in [-0.3, -0.25) is 4.79 Å². The van der Waals surface area contributed by atoms with Gasteiger partial charge in [-0.1, -0.05) is 12.1 Å². The number of aliphatic hydroxyl groups excluding tert-OH is 1. The van der Waals surface area contributed by atoms with Crippen molar-refractivity contribution in [1.29, 1.82) is 0 Å². The minimum Gasteiger partial charge on any atom is -0.387 e. The molecule has 1 amide bonds. The molecule has 0 bridgehead atoms. The minimum atomic E-state index is -0.935. The van der Waals surface area contributed by atoms with Crippen molar-refractivity contribution in [2.24, 2.45) is 0 Å². The van der Waals surface area contributed by atoms with Gasteiger partial charge in [-0.25, -0.2) is 13.2 Å². The third kappa shape index (κ3) is 5.38. The molecule has 1 atom stereocenters. The summed E-state index contributed by atoms with van der Waals surface area (Å²) in [6.45, 7) is -0.00120. The van der Waals surface area contributed by atoms with Gasteiger partial charge in [0.05, 0.1) is 6.10 Å². The summed E-state index contributed by atoms with van der Waals surface area (Å²) >= 11 is 0. The monoisotopic (exact) mass is 337 g/mol. The van der Waals surface area contributed by atoms with Crippen LogP contribution in [-0.2, 0) is 11.2 Å². The summed E-state index contributed by atoms with van der Waals surface area (Å²) in [5.41, 5.74) is 0.729. The fourth-order valence-corrected chi connectivity index (χ4v) is 2.28. The Morgan fingerprint density at radius 1 is 1.04 bits per heavy atom. The molecule has 0 aliphatic heterocycles. The van der Waals surface area contributed by atoms with E-state index in [1.54, 1.807) is 0 Å². The SMILES string of the molecule is O=C(CCCc1cc(F)ccc1F)NCC(O)c1ccc(F)cc1. The maximum atomic E-state index is 13.4. The number of carbonyl (C=O) groups is 1. The van der Waals surface area contributed by atoms with E-state index < -0.39 is 23.6 Å². The van der Waals surface area contributed by atoms with Gasteiger partial charge < -0.3 is 10.4 Å². The summed E-state index contributed by atoms with van der Waals surface area (Å²) in [5.74, 6) is -1.71. The van der Waals surface area contributed by atoms with E-state index in [0.717, 1.165) is 18.2 Å². The Balaban J connectivity index is 1.73. The molecule has 0 saturated carbocycles. The zero-order chi connectivity index (χ0) is 17.5. The zero-order valence-electron chi connectivity index (χ0n) is 12.9. The number of rotatable bonds is 7. The first kappa shape index (κ1) is 18.0. The van der Waals surface area contributed by atoms with E-state index in [9.17, 15) is 23.1 Å². The molecule has 2 aromatic carbocycles. The molecule has 2 aromatic rings. The summed E-state index contributed by atoms with van der Waals surface area (Å²) in [6.07, 6.45) is -0.196. The van der Waals surface area contributed by atoms with E-state index in [0.29, 0.717) is 12.0 Å². The second-order valence-corrected chi connectivity index (χ2v) is 5.46. The van der Waals surface area contributed by atoms with Gasteiger partial charge >= 0.3 is 0 Å². The maximum Gasteiger partial charge on any atom is 0.220 e. The average Bonchev–Trinajstić information content (AvgIpc) is 2.56. The van der Waals surface area contributed by atoms with Crippen molar-refractivity contribution in [1.82, 2.24) is 5.32 Å². The van der Waals surface area contributed by atoms with Crippen LogP contribution in [0.2, 0.25) is 0 Å². The predicted octanol–water partition coefficient (Wildman–Crippen LogP) is 3.28. The van der Waals surface area contributed by atoms with E-state index in [4.69, 9.17) is 0 Å². The van der Waals surface area contributed by atoms with Crippen molar-refractivity contribution in [3.05, 3.63) is 71.0 Å². The second kappa shape index (κ2) is 8.49. The maximum absolute atomic E-state index is 13.4. The van der Waals surface area contributed by atoms with Crippen molar-refractivity contribution in [2.45, 2.75) is 25.4 Å². The van der Waals surface area contributed by atoms with Crippen molar-refractivity contribution in [2.75, 3.05) is 6.54 Å². The van der Waals surface area contributed by atoms with Gasteiger partial charge in [-0.05, 0) is 54.3 Å². The van der Waals surface area contributed by atoms with Crippen LogP contribution in [0.4, 0.5) is 13.2 Å². The van der Waals surface area contributed by atoms with Gasteiger partial charge in [0.2, 0.25) is 5.91 Å². The normalized spacial score (nSPS) is 12.0. The zero-order valence-corrected chi connectivity index (χ0v) is 12.9. The van der Waals surface area contributed by atoms with Crippen LogP contribution in [0.15, 0.2) is 42.5 Å². The Morgan fingerprint density at radius 3 is 2.42 bits per heavy atom. The molecule has 0 fully saturated rings. The van der Waals surface area contributed by atoms with Gasteiger partial charge in [0.15, 0.2) is 0 Å². The standard InChI is InChI=1S/C18H18F3NO2/c19-14-6-4-12(5-7-14)17(23)11-22-18(24)3-1-2-13-10-15(20)8-9-16(13)21/h4-10,17,23H,1-3,11H2,(H,22,24). The molecule has 0 spiro atoms. The second-order valence-electron chi connectivity index (χ2n) is 5.46. The van der Waals surface area contributed by atoms with Crippen LogP contribution in [0.1, 0.15) is 30.1 Å². The molecular formula is C18H18F3NO2.